The molecule has 21 heavy (non-hydrogen) atoms. The van der Waals surface area contributed by atoms with Crippen molar-refractivity contribution in [2.45, 2.75) is 6.54 Å². The second kappa shape index (κ2) is 6.96. The molecule has 5 heteroatoms. The van der Waals surface area contributed by atoms with Gasteiger partial charge in [0.1, 0.15) is 0 Å². The summed E-state index contributed by atoms with van der Waals surface area (Å²) in [5.41, 5.74) is 2.45. The lowest BCUT2D eigenvalue weighted by molar-refractivity contribution is 0.0828. The maximum absolute atomic E-state index is 12.2. The van der Waals surface area contributed by atoms with Gasteiger partial charge in [-0.3, -0.25) is 4.79 Å². The van der Waals surface area contributed by atoms with Gasteiger partial charge in [0, 0.05) is 35.8 Å². The number of rotatable bonds is 4. The fraction of sp³-hybridized carbons (Fsp3) is 0.188. The lowest BCUT2D eigenvalue weighted by Crippen LogP contribution is -2.23. The Hall–Kier alpha value is -1.52. The van der Waals surface area contributed by atoms with Crippen LogP contribution in [-0.2, 0) is 6.54 Å². The Bertz CT molecular complexity index is 658. The van der Waals surface area contributed by atoms with E-state index in [2.05, 4.69) is 21.2 Å². The van der Waals surface area contributed by atoms with Crippen molar-refractivity contribution in [3.05, 3.63) is 63.1 Å². The molecule has 0 saturated carbocycles. The molecule has 0 radical (unpaired) electrons. The van der Waals surface area contributed by atoms with Gasteiger partial charge in [-0.25, -0.2) is 0 Å². The van der Waals surface area contributed by atoms with Gasteiger partial charge in [0.05, 0.1) is 5.56 Å². The number of hydrogen-bond acceptors (Lipinski definition) is 2. The van der Waals surface area contributed by atoms with E-state index < -0.39 is 0 Å². The van der Waals surface area contributed by atoms with Crippen LogP contribution in [0.1, 0.15) is 15.9 Å². The Morgan fingerprint density at radius 1 is 1.24 bits per heavy atom. The molecule has 110 valence electrons. The minimum Gasteiger partial charge on any atom is -0.380 e. The van der Waals surface area contributed by atoms with Gasteiger partial charge in [-0.1, -0.05) is 45.7 Å². The number of carbonyl (C=O) groups excluding carboxylic acids is 1. The second-order valence-corrected chi connectivity index (χ2v) is 6.13. The molecular formula is C16H16BrClN2O. The summed E-state index contributed by atoms with van der Waals surface area (Å²) in [7, 11) is 3.46. The number of carbonyl (C=O) groups is 1. The highest BCUT2D eigenvalue weighted by Crippen LogP contribution is 2.24. The van der Waals surface area contributed by atoms with Crippen molar-refractivity contribution in [3.63, 3.8) is 0 Å². The van der Waals surface area contributed by atoms with E-state index in [0.717, 1.165) is 15.7 Å². The maximum atomic E-state index is 12.2. The highest BCUT2D eigenvalue weighted by molar-refractivity contribution is 9.10. The minimum absolute atomic E-state index is 0.0544. The first-order valence-corrected chi connectivity index (χ1v) is 7.64. The van der Waals surface area contributed by atoms with E-state index in [9.17, 15) is 4.79 Å². The minimum atomic E-state index is -0.0544. The number of nitrogens with zero attached hydrogens (tertiary/aromatic N) is 1. The van der Waals surface area contributed by atoms with Crippen LogP contribution in [0, 0.1) is 0 Å². The third-order valence-electron chi connectivity index (χ3n) is 3.05. The molecule has 0 aromatic heterocycles. The quantitative estimate of drug-likeness (QED) is 0.868. The second-order valence-electron chi connectivity index (χ2n) is 4.83. The molecular weight excluding hydrogens is 352 g/mol. The fourth-order valence-corrected chi connectivity index (χ4v) is 2.52. The van der Waals surface area contributed by atoms with Crippen molar-refractivity contribution in [1.82, 2.24) is 4.90 Å². The highest BCUT2D eigenvalue weighted by Gasteiger charge is 2.13. The molecule has 0 aliphatic heterocycles. The molecule has 0 saturated heterocycles. The van der Waals surface area contributed by atoms with Gasteiger partial charge in [0.25, 0.3) is 5.91 Å². The molecule has 0 aliphatic rings. The summed E-state index contributed by atoms with van der Waals surface area (Å²) in [5.74, 6) is -0.0544. The zero-order chi connectivity index (χ0) is 15.4. The molecule has 1 amide bonds. The van der Waals surface area contributed by atoms with E-state index in [4.69, 9.17) is 11.6 Å². The molecule has 0 unspecified atom stereocenters. The lowest BCUT2D eigenvalue weighted by atomic mass is 10.1. The average molecular weight is 368 g/mol. The normalized spacial score (nSPS) is 10.3. The van der Waals surface area contributed by atoms with E-state index in [0.29, 0.717) is 17.1 Å². The topological polar surface area (TPSA) is 32.3 Å². The van der Waals surface area contributed by atoms with E-state index in [1.807, 2.05) is 24.3 Å². The highest BCUT2D eigenvalue weighted by atomic mass is 79.9. The van der Waals surface area contributed by atoms with Gasteiger partial charge in [0.15, 0.2) is 0 Å². The van der Waals surface area contributed by atoms with Crippen molar-refractivity contribution in [3.8, 4) is 0 Å². The first-order chi connectivity index (χ1) is 9.99. The molecule has 0 fully saturated rings. The molecule has 0 atom stereocenters. The van der Waals surface area contributed by atoms with Gasteiger partial charge < -0.3 is 10.2 Å². The number of halogens is 2. The number of hydrogen-bond donors (Lipinski definition) is 1. The van der Waals surface area contributed by atoms with E-state index in [1.54, 1.807) is 37.2 Å². The van der Waals surface area contributed by atoms with Gasteiger partial charge in [-0.2, -0.15) is 0 Å². The van der Waals surface area contributed by atoms with Crippen LogP contribution in [-0.4, -0.2) is 24.9 Å². The molecule has 2 rings (SSSR count). The first-order valence-electron chi connectivity index (χ1n) is 6.47. The number of anilines is 1. The number of benzene rings is 2. The zero-order valence-corrected chi connectivity index (χ0v) is 14.2. The molecule has 0 bridgehead atoms. The summed E-state index contributed by atoms with van der Waals surface area (Å²) in [6.07, 6.45) is 0. The Kier molecular flexibility index (Phi) is 5.26. The molecule has 2 aromatic rings. The standard InChI is InChI=1S/C16H16BrClN2O/c1-20(2)16(21)13-8-7-12(18)9-15(13)19-10-11-5-3-4-6-14(11)17/h3-9,19H,10H2,1-2H3. The van der Waals surface area contributed by atoms with Gasteiger partial charge >= 0.3 is 0 Å². The van der Waals surface area contributed by atoms with Crippen LogP contribution in [0.25, 0.3) is 0 Å². The van der Waals surface area contributed by atoms with Crippen molar-refractivity contribution < 1.29 is 4.79 Å². The summed E-state index contributed by atoms with van der Waals surface area (Å²) >= 11 is 9.55. The van der Waals surface area contributed by atoms with Crippen molar-refractivity contribution in [2.75, 3.05) is 19.4 Å². The Balaban J connectivity index is 2.25. The van der Waals surface area contributed by atoms with Gasteiger partial charge in [-0.15, -0.1) is 0 Å². The lowest BCUT2D eigenvalue weighted by Gasteiger charge is -2.16. The van der Waals surface area contributed by atoms with Crippen LogP contribution in [0.5, 0.6) is 0 Å². The number of amides is 1. The van der Waals surface area contributed by atoms with E-state index in [-0.39, 0.29) is 5.91 Å². The van der Waals surface area contributed by atoms with Crippen molar-refractivity contribution >= 4 is 39.1 Å². The average Bonchev–Trinajstić information content (AvgIpc) is 2.46. The summed E-state index contributed by atoms with van der Waals surface area (Å²) in [4.78, 5) is 13.7. The molecule has 0 spiro atoms. The van der Waals surface area contributed by atoms with Crippen LogP contribution < -0.4 is 5.32 Å². The molecule has 0 heterocycles. The molecule has 3 nitrogen and oxygen atoms in total. The van der Waals surface area contributed by atoms with Crippen LogP contribution in [0.2, 0.25) is 5.02 Å². The molecule has 1 N–H and O–H groups in total. The summed E-state index contributed by atoms with van der Waals surface area (Å²) < 4.78 is 1.03. The summed E-state index contributed by atoms with van der Waals surface area (Å²) in [6.45, 7) is 0.607. The summed E-state index contributed by atoms with van der Waals surface area (Å²) in [6, 6.07) is 13.2. The van der Waals surface area contributed by atoms with Crippen molar-refractivity contribution in [2.24, 2.45) is 0 Å². The third-order valence-corrected chi connectivity index (χ3v) is 4.05. The van der Waals surface area contributed by atoms with E-state index >= 15 is 0 Å². The zero-order valence-electron chi connectivity index (χ0n) is 11.9. The molecule has 0 aliphatic carbocycles. The Morgan fingerprint density at radius 3 is 2.62 bits per heavy atom. The summed E-state index contributed by atoms with van der Waals surface area (Å²) in [5, 5.41) is 3.88. The van der Waals surface area contributed by atoms with Crippen LogP contribution in [0.15, 0.2) is 46.9 Å². The largest absolute Gasteiger partial charge is 0.380 e. The van der Waals surface area contributed by atoms with Crippen molar-refractivity contribution in [1.29, 1.82) is 0 Å². The smallest absolute Gasteiger partial charge is 0.255 e. The van der Waals surface area contributed by atoms with Crippen LogP contribution in [0.4, 0.5) is 5.69 Å². The number of nitrogens with one attached hydrogen (secondary N) is 1. The Labute approximate surface area is 138 Å². The molecule has 2 aromatic carbocycles. The predicted octanol–water partition coefficient (Wildman–Crippen LogP) is 4.42. The maximum Gasteiger partial charge on any atom is 0.255 e. The van der Waals surface area contributed by atoms with Gasteiger partial charge in [-0.05, 0) is 29.8 Å². The van der Waals surface area contributed by atoms with Crippen LogP contribution >= 0.6 is 27.5 Å². The fourth-order valence-electron chi connectivity index (χ4n) is 1.92. The Morgan fingerprint density at radius 2 is 1.95 bits per heavy atom. The predicted molar refractivity (Wildman–Crippen MR) is 90.9 cm³/mol. The first kappa shape index (κ1) is 15.9. The monoisotopic (exact) mass is 366 g/mol. The third kappa shape index (κ3) is 3.99. The van der Waals surface area contributed by atoms with Gasteiger partial charge in [0.2, 0.25) is 0 Å². The SMILES string of the molecule is CN(C)C(=O)c1ccc(Cl)cc1NCc1ccccc1Br. The van der Waals surface area contributed by atoms with E-state index in [1.165, 1.54) is 0 Å². The van der Waals surface area contributed by atoms with Crippen LogP contribution in [0.3, 0.4) is 0 Å².